The molecule has 0 aliphatic heterocycles. The summed E-state index contributed by atoms with van der Waals surface area (Å²) in [4.78, 5) is 15.6. The molecule has 1 heterocycles. The van der Waals surface area contributed by atoms with E-state index in [0.29, 0.717) is 6.42 Å². The second-order valence-electron chi connectivity index (χ2n) is 5.38. The average molecular weight is 422 g/mol. The molecule has 2 atom stereocenters. The first kappa shape index (κ1) is 21.4. The van der Waals surface area contributed by atoms with E-state index in [2.05, 4.69) is 20.9 Å². The molecule has 0 saturated heterocycles. The molecule has 2 rings (SSSR count). The molecule has 1 aromatic heterocycles. The number of carbonyl (C=O) groups is 1. The van der Waals surface area contributed by atoms with Crippen LogP contribution in [0.4, 0.5) is 0 Å². The normalized spacial score (nSPS) is 13.4. The maximum absolute atomic E-state index is 11.4. The number of thiazole rings is 1. The van der Waals surface area contributed by atoms with Gasteiger partial charge in [-0.15, -0.1) is 11.3 Å². The number of rotatable bonds is 7. The van der Waals surface area contributed by atoms with Crippen LogP contribution < -0.4 is 56.5 Å². The molecule has 4 nitrogen and oxygen atoms in total. The molecule has 2 aromatic rings. The minimum absolute atomic E-state index is 0. The molecule has 0 fully saturated rings. The second-order valence-corrected chi connectivity index (χ2v) is 7.22. The molecule has 118 valence electrons. The molecule has 0 N–H and O–H groups in total. The zero-order valence-corrected chi connectivity index (χ0v) is 18.9. The zero-order valence-electron chi connectivity index (χ0n) is 13.4. The van der Waals surface area contributed by atoms with Crippen LogP contribution in [0, 0.1) is 5.92 Å². The van der Waals surface area contributed by atoms with Crippen molar-refractivity contribution in [2.75, 3.05) is 0 Å². The van der Waals surface area contributed by atoms with Gasteiger partial charge in [-0.25, -0.2) is 4.98 Å². The molecule has 0 aliphatic rings. The topological polar surface area (TPSA) is 62.2 Å². The summed E-state index contributed by atoms with van der Waals surface area (Å²) in [5.74, 6) is -0.989. The van der Waals surface area contributed by atoms with E-state index in [1.165, 1.54) is 11.3 Å². The number of carboxylic acid groups (broad SMARTS) is 1. The third-order valence-electron chi connectivity index (χ3n) is 3.10. The molecule has 23 heavy (non-hydrogen) atoms. The van der Waals surface area contributed by atoms with Crippen LogP contribution in [0.5, 0.6) is 0 Å². The van der Waals surface area contributed by atoms with Crippen LogP contribution in [0.3, 0.4) is 0 Å². The molecule has 0 amide bonds. The van der Waals surface area contributed by atoms with Crippen molar-refractivity contribution in [2.24, 2.45) is 5.92 Å². The van der Waals surface area contributed by atoms with Gasteiger partial charge < -0.3 is 14.6 Å². The van der Waals surface area contributed by atoms with Crippen LogP contribution >= 0.6 is 27.3 Å². The molecular formula is C16H17BrKNO3S. The van der Waals surface area contributed by atoms with Crippen LogP contribution in [-0.4, -0.2) is 17.1 Å². The van der Waals surface area contributed by atoms with Gasteiger partial charge in [0.05, 0.1) is 12.1 Å². The van der Waals surface area contributed by atoms with E-state index >= 15 is 0 Å². The molecule has 1 aromatic carbocycles. The summed E-state index contributed by atoms with van der Waals surface area (Å²) >= 11 is 4.83. The summed E-state index contributed by atoms with van der Waals surface area (Å²) in [7, 11) is 0. The van der Waals surface area contributed by atoms with E-state index in [-0.39, 0.29) is 57.3 Å². The Labute approximate surface area is 191 Å². The van der Waals surface area contributed by atoms with E-state index in [1.807, 2.05) is 43.5 Å². The molecule has 7 heteroatoms. The van der Waals surface area contributed by atoms with Crippen molar-refractivity contribution in [3.63, 3.8) is 0 Å². The fourth-order valence-corrected chi connectivity index (χ4v) is 3.04. The fraction of sp³-hybridized carbons (Fsp3) is 0.375. The first-order valence-electron chi connectivity index (χ1n) is 6.98. The fourth-order valence-electron chi connectivity index (χ4n) is 2.08. The Kier molecular flexibility index (Phi) is 9.70. The van der Waals surface area contributed by atoms with E-state index in [9.17, 15) is 9.90 Å². The summed E-state index contributed by atoms with van der Waals surface area (Å²) in [6, 6.07) is 7.60. The largest absolute Gasteiger partial charge is 1.00 e. The summed E-state index contributed by atoms with van der Waals surface area (Å²) in [6.07, 6.45) is 0.624. The minimum atomic E-state index is -1.19. The van der Waals surface area contributed by atoms with Crippen molar-refractivity contribution < 1.29 is 66.0 Å². The van der Waals surface area contributed by atoms with Crippen molar-refractivity contribution in [3.05, 3.63) is 50.9 Å². The standard InChI is InChI=1S/C16H18BrNO3S.K/c1-10(2)9-13(16(19)20)21-14(15-18-7-8-22-15)11-3-5-12(17)6-4-11;/h3-8,10,13-14H,9H2,1-2H3,(H,19,20);/q;+1/p-1. The number of carboxylic acids is 1. The molecule has 0 spiro atoms. The van der Waals surface area contributed by atoms with Crippen LogP contribution in [0.1, 0.15) is 36.9 Å². The van der Waals surface area contributed by atoms with E-state index < -0.39 is 18.2 Å². The van der Waals surface area contributed by atoms with Crippen molar-refractivity contribution >= 4 is 33.2 Å². The number of aromatic nitrogens is 1. The monoisotopic (exact) mass is 421 g/mol. The van der Waals surface area contributed by atoms with Gasteiger partial charge >= 0.3 is 51.4 Å². The van der Waals surface area contributed by atoms with Crippen LogP contribution in [0.25, 0.3) is 0 Å². The van der Waals surface area contributed by atoms with Crippen LogP contribution in [0.15, 0.2) is 40.3 Å². The molecule has 0 bridgehead atoms. The Balaban J connectivity index is 0.00000264. The Morgan fingerprint density at radius 3 is 2.48 bits per heavy atom. The Hall–Kier alpha value is 0.396. The van der Waals surface area contributed by atoms with Gasteiger partial charge in [0.1, 0.15) is 11.1 Å². The SMILES string of the molecule is CC(C)CC(OC(c1ccc(Br)cc1)c1nccs1)C(=O)[O-].[K+]. The van der Waals surface area contributed by atoms with E-state index in [4.69, 9.17) is 4.74 Å². The summed E-state index contributed by atoms with van der Waals surface area (Å²) in [5, 5.41) is 13.9. The maximum atomic E-state index is 11.4. The summed E-state index contributed by atoms with van der Waals surface area (Å²) in [5.41, 5.74) is 0.869. The van der Waals surface area contributed by atoms with Gasteiger partial charge in [-0.2, -0.15) is 0 Å². The molecule has 0 saturated carbocycles. The van der Waals surface area contributed by atoms with Gasteiger partial charge in [0, 0.05) is 16.0 Å². The zero-order chi connectivity index (χ0) is 16.1. The number of nitrogens with zero attached hydrogens (tertiary/aromatic N) is 1. The summed E-state index contributed by atoms with van der Waals surface area (Å²) in [6.45, 7) is 3.91. The average Bonchev–Trinajstić information content (AvgIpc) is 2.98. The van der Waals surface area contributed by atoms with Crippen molar-refractivity contribution in [2.45, 2.75) is 32.5 Å². The van der Waals surface area contributed by atoms with E-state index in [0.717, 1.165) is 15.0 Å². The number of hydrogen-bond acceptors (Lipinski definition) is 5. The third kappa shape index (κ3) is 6.66. The minimum Gasteiger partial charge on any atom is -0.547 e. The first-order chi connectivity index (χ1) is 10.5. The second kappa shape index (κ2) is 10.4. The Morgan fingerprint density at radius 1 is 1.35 bits per heavy atom. The number of ether oxygens (including phenoxy) is 1. The maximum Gasteiger partial charge on any atom is 1.00 e. The number of benzene rings is 1. The third-order valence-corrected chi connectivity index (χ3v) is 4.44. The number of hydrogen-bond donors (Lipinski definition) is 0. The van der Waals surface area contributed by atoms with Crippen molar-refractivity contribution in [1.29, 1.82) is 0 Å². The van der Waals surface area contributed by atoms with E-state index in [1.54, 1.807) is 6.20 Å². The van der Waals surface area contributed by atoms with Gasteiger partial charge in [0.25, 0.3) is 0 Å². The number of carbonyl (C=O) groups excluding carboxylic acids is 1. The number of halogens is 1. The molecular weight excluding hydrogens is 405 g/mol. The number of aliphatic carboxylic acids is 1. The molecule has 0 radical (unpaired) electrons. The predicted octanol–water partition coefficient (Wildman–Crippen LogP) is 0.180. The van der Waals surface area contributed by atoms with Crippen molar-refractivity contribution in [1.82, 2.24) is 4.98 Å². The Bertz CT molecular complexity index is 604. The van der Waals surface area contributed by atoms with Crippen molar-refractivity contribution in [3.8, 4) is 0 Å². The summed E-state index contributed by atoms with van der Waals surface area (Å²) < 4.78 is 6.82. The van der Waals surface area contributed by atoms with Crippen LogP contribution in [-0.2, 0) is 9.53 Å². The van der Waals surface area contributed by atoms with Gasteiger partial charge in [-0.3, -0.25) is 0 Å². The quantitative estimate of drug-likeness (QED) is 0.598. The first-order valence-corrected chi connectivity index (χ1v) is 8.65. The van der Waals surface area contributed by atoms with Gasteiger partial charge in [0.2, 0.25) is 0 Å². The predicted molar refractivity (Wildman–Crippen MR) is 87.4 cm³/mol. The molecule has 0 aliphatic carbocycles. The van der Waals surface area contributed by atoms with Gasteiger partial charge in [-0.1, -0.05) is 41.9 Å². The molecule has 2 unspecified atom stereocenters. The van der Waals surface area contributed by atoms with Crippen LogP contribution in [0.2, 0.25) is 0 Å². The van der Waals surface area contributed by atoms with Gasteiger partial charge in [-0.05, 0) is 30.0 Å². The Morgan fingerprint density at radius 2 is 2.00 bits per heavy atom. The van der Waals surface area contributed by atoms with Gasteiger partial charge in [0.15, 0.2) is 0 Å². The smallest absolute Gasteiger partial charge is 0.547 e.